The first kappa shape index (κ1) is 22.5. The van der Waals surface area contributed by atoms with Gasteiger partial charge in [-0.25, -0.2) is 0 Å². The first-order valence-corrected chi connectivity index (χ1v) is 9.42. The van der Waals surface area contributed by atoms with E-state index in [9.17, 15) is 4.79 Å². The van der Waals surface area contributed by atoms with Crippen LogP contribution in [0.15, 0.2) is 4.99 Å². The highest BCUT2D eigenvalue weighted by Crippen LogP contribution is 2.24. The van der Waals surface area contributed by atoms with Crippen LogP contribution in [-0.4, -0.2) is 74.1 Å². The third-order valence-corrected chi connectivity index (χ3v) is 5.34. The molecule has 0 aliphatic carbocycles. The van der Waals surface area contributed by atoms with Crippen molar-refractivity contribution in [3.05, 3.63) is 0 Å². The molecule has 2 rings (SSSR count). The fourth-order valence-corrected chi connectivity index (χ4v) is 3.80. The molecule has 1 N–H and O–H groups in total. The SMILES string of the molecule is CCNC(=NCCN1CCCCC1C)N1CC(C)C(C(=O)OC)C1.I. The van der Waals surface area contributed by atoms with Gasteiger partial charge in [0.1, 0.15) is 0 Å². The molecule has 3 unspecified atom stereocenters. The van der Waals surface area contributed by atoms with E-state index in [4.69, 9.17) is 9.73 Å². The molecule has 2 heterocycles. The van der Waals surface area contributed by atoms with Gasteiger partial charge in [-0.05, 0) is 39.2 Å². The van der Waals surface area contributed by atoms with E-state index in [1.807, 2.05) is 0 Å². The summed E-state index contributed by atoms with van der Waals surface area (Å²) >= 11 is 0. The molecule has 7 heteroatoms. The lowest BCUT2D eigenvalue weighted by Gasteiger charge is -2.33. The molecule has 0 aromatic heterocycles. The largest absolute Gasteiger partial charge is 0.469 e. The van der Waals surface area contributed by atoms with Crippen molar-refractivity contribution in [3.8, 4) is 0 Å². The summed E-state index contributed by atoms with van der Waals surface area (Å²) in [4.78, 5) is 21.5. The van der Waals surface area contributed by atoms with Crippen LogP contribution in [0, 0.1) is 11.8 Å². The van der Waals surface area contributed by atoms with E-state index in [1.165, 1.54) is 32.9 Å². The number of guanidine groups is 1. The fraction of sp³-hybridized carbons (Fsp3) is 0.889. The van der Waals surface area contributed by atoms with Crippen LogP contribution in [0.2, 0.25) is 0 Å². The van der Waals surface area contributed by atoms with Gasteiger partial charge in [-0.15, -0.1) is 24.0 Å². The lowest BCUT2D eigenvalue weighted by atomic mass is 9.99. The van der Waals surface area contributed by atoms with Crippen molar-refractivity contribution in [1.29, 1.82) is 0 Å². The number of ether oxygens (including phenoxy) is 1. The monoisotopic (exact) mass is 466 g/mol. The van der Waals surface area contributed by atoms with Gasteiger partial charge < -0.3 is 15.0 Å². The Kier molecular flexibility index (Phi) is 10.1. The predicted octanol–water partition coefficient (Wildman–Crippen LogP) is 2.19. The minimum absolute atomic E-state index is 0. The molecule has 0 spiro atoms. The molecular weight excluding hydrogens is 431 g/mol. The summed E-state index contributed by atoms with van der Waals surface area (Å²) in [5.74, 6) is 1.06. The fourth-order valence-electron chi connectivity index (χ4n) is 3.80. The van der Waals surface area contributed by atoms with Crippen molar-refractivity contribution in [2.45, 2.75) is 46.1 Å². The summed E-state index contributed by atoms with van der Waals surface area (Å²) in [6.45, 7) is 11.9. The quantitative estimate of drug-likeness (QED) is 0.292. The molecule has 2 fully saturated rings. The Labute approximate surface area is 169 Å². The first-order chi connectivity index (χ1) is 11.6. The third kappa shape index (κ3) is 6.27. The average molecular weight is 466 g/mol. The van der Waals surface area contributed by atoms with E-state index >= 15 is 0 Å². The van der Waals surface area contributed by atoms with Crippen molar-refractivity contribution in [1.82, 2.24) is 15.1 Å². The lowest BCUT2D eigenvalue weighted by Crippen LogP contribution is -2.42. The molecule has 3 atom stereocenters. The number of rotatable bonds is 5. The predicted molar refractivity (Wildman–Crippen MR) is 113 cm³/mol. The molecule has 6 nitrogen and oxygen atoms in total. The Balaban J connectivity index is 0.00000312. The maximum Gasteiger partial charge on any atom is 0.310 e. The number of carbonyl (C=O) groups is 1. The van der Waals surface area contributed by atoms with Crippen LogP contribution in [-0.2, 0) is 9.53 Å². The van der Waals surface area contributed by atoms with Gasteiger partial charge in [-0.1, -0.05) is 13.3 Å². The van der Waals surface area contributed by atoms with Crippen LogP contribution in [0.5, 0.6) is 0 Å². The average Bonchev–Trinajstić information content (AvgIpc) is 2.96. The van der Waals surface area contributed by atoms with Crippen molar-refractivity contribution in [2.75, 3.05) is 46.4 Å². The van der Waals surface area contributed by atoms with Gasteiger partial charge in [-0.2, -0.15) is 0 Å². The van der Waals surface area contributed by atoms with Crippen LogP contribution in [0.3, 0.4) is 0 Å². The van der Waals surface area contributed by atoms with E-state index in [0.29, 0.717) is 18.5 Å². The molecule has 25 heavy (non-hydrogen) atoms. The third-order valence-electron chi connectivity index (χ3n) is 5.34. The summed E-state index contributed by atoms with van der Waals surface area (Å²) in [6, 6.07) is 0.673. The number of esters is 1. The number of nitrogens with one attached hydrogen (secondary N) is 1. The number of hydrogen-bond acceptors (Lipinski definition) is 4. The zero-order chi connectivity index (χ0) is 17.5. The minimum Gasteiger partial charge on any atom is -0.469 e. The molecular formula is C18H35IN4O2. The normalized spacial score (nSPS) is 27.8. The second-order valence-electron chi connectivity index (χ2n) is 7.13. The zero-order valence-corrected chi connectivity index (χ0v) is 18.5. The van der Waals surface area contributed by atoms with Gasteiger partial charge in [-0.3, -0.25) is 14.7 Å². The van der Waals surface area contributed by atoms with Gasteiger partial charge in [0.2, 0.25) is 0 Å². The van der Waals surface area contributed by atoms with Crippen molar-refractivity contribution >= 4 is 35.9 Å². The number of nitrogens with zero attached hydrogens (tertiary/aromatic N) is 3. The molecule has 0 aromatic rings. The standard InChI is InChI=1S/C18H34N4O2.HI/c1-5-19-18(20-9-11-21-10-7-6-8-15(21)3)22-12-14(2)16(13-22)17(23)24-4;/h14-16H,5-13H2,1-4H3,(H,19,20);1H. The number of aliphatic imine (C=N–C) groups is 1. The molecule has 2 aliphatic heterocycles. The smallest absolute Gasteiger partial charge is 0.310 e. The molecule has 0 amide bonds. The van der Waals surface area contributed by atoms with Crippen molar-refractivity contribution in [3.63, 3.8) is 0 Å². The molecule has 0 radical (unpaired) electrons. The molecule has 0 saturated carbocycles. The number of likely N-dealkylation sites (tertiary alicyclic amines) is 2. The Morgan fingerprint density at radius 2 is 2.04 bits per heavy atom. The molecule has 2 aliphatic rings. The highest BCUT2D eigenvalue weighted by atomic mass is 127. The Morgan fingerprint density at radius 3 is 2.68 bits per heavy atom. The number of carbonyl (C=O) groups excluding carboxylic acids is 1. The Bertz CT molecular complexity index is 447. The topological polar surface area (TPSA) is 57.2 Å². The van der Waals surface area contributed by atoms with Crippen LogP contribution in [0.4, 0.5) is 0 Å². The summed E-state index contributed by atoms with van der Waals surface area (Å²) < 4.78 is 4.93. The summed E-state index contributed by atoms with van der Waals surface area (Å²) in [5, 5.41) is 3.38. The first-order valence-electron chi connectivity index (χ1n) is 9.42. The lowest BCUT2D eigenvalue weighted by molar-refractivity contribution is -0.145. The number of hydrogen-bond donors (Lipinski definition) is 1. The summed E-state index contributed by atoms with van der Waals surface area (Å²) in [6.07, 6.45) is 3.96. The van der Waals surface area contributed by atoms with Crippen LogP contribution in [0.25, 0.3) is 0 Å². The zero-order valence-electron chi connectivity index (χ0n) is 16.2. The highest BCUT2D eigenvalue weighted by Gasteiger charge is 2.36. The van der Waals surface area contributed by atoms with Crippen LogP contribution >= 0.6 is 24.0 Å². The van der Waals surface area contributed by atoms with Gasteiger partial charge in [0, 0.05) is 32.2 Å². The van der Waals surface area contributed by atoms with Crippen LogP contribution < -0.4 is 5.32 Å². The van der Waals surface area contributed by atoms with E-state index in [-0.39, 0.29) is 35.9 Å². The van der Waals surface area contributed by atoms with Crippen LogP contribution in [0.1, 0.15) is 40.0 Å². The molecule has 146 valence electrons. The maximum absolute atomic E-state index is 11.9. The Hall–Kier alpha value is -0.570. The number of piperidine rings is 1. The maximum atomic E-state index is 11.9. The van der Waals surface area contributed by atoms with E-state index in [1.54, 1.807) is 0 Å². The van der Waals surface area contributed by atoms with E-state index in [2.05, 4.69) is 35.9 Å². The summed E-state index contributed by atoms with van der Waals surface area (Å²) in [5.41, 5.74) is 0. The van der Waals surface area contributed by atoms with Gasteiger partial charge in [0.25, 0.3) is 0 Å². The minimum atomic E-state index is -0.108. The van der Waals surface area contributed by atoms with Crippen molar-refractivity contribution in [2.24, 2.45) is 16.8 Å². The van der Waals surface area contributed by atoms with Gasteiger partial charge in [0.05, 0.1) is 19.6 Å². The summed E-state index contributed by atoms with van der Waals surface area (Å²) in [7, 11) is 1.47. The molecule has 0 bridgehead atoms. The number of halogens is 1. The van der Waals surface area contributed by atoms with E-state index in [0.717, 1.165) is 32.1 Å². The van der Waals surface area contributed by atoms with Gasteiger partial charge in [0.15, 0.2) is 5.96 Å². The number of methoxy groups -OCH3 is 1. The van der Waals surface area contributed by atoms with E-state index < -0.39 is 0 Å². The second kappa shape index (κ2) is 11.2. The molecule has 2 saturated heterocycles. The second-order valence-corrected chi connectivity index (χ2v) is 7.13. The Morgan fingerprint density at radius 1 is 1.28 bits per heavy atom. The highest BCUT2D eigenvalue weighted by molar-refractivity contribution is 14.0. The van der Waals surface area contributed by atoms with Gasteiger partial charge >= 0.3 is 5.97 Å². The molecule has 0 aromatic carbocycles. The van der Waals surface area contributed by atoms with Crippen molar-refractivity contribution < 1.29 is 9.53 Å².